The van der Waals surface area contributed by atoms with Gasteiger partial charge in [-0.25, -0.2) is 0 Å². The number of hydrogen-bond donors (Lipinski definition) is 0. The number of nitrogens with zero attached hydrogens (tertiary/aromatic N) is 3. The van der Waals surface area contributed by atoms with Gasteiger partial charge in [0.1, 0.15) is 0 Å². The van der Waals surface area contributed by atoms with Gasteiger partial charge in [0.2, 0.25) is 0 Å². The van der Waals surface area contributed by atoms with E-state index < -0.39 is 0 Å². The Hall–Kier alpha value is -1.52. The minimum atomic E-state index is 0.785. The average Bonchev–Trinajstić information content (AvgIpc) is 3.00. The van der Waals surface area contributed by atoms with Crippen LogP contribution in [-0.4, -0.2) is 37.4 Å². The number of thiophene rings is 1. The Morgan fingerprint density at radius 2 is 1.80 bits per heavy atom. The molecule has 0 spiro atoms. The standard InChI is InChI=1S/C15H16ClN3S/c16-13-3-5-14(6-4-13)18-7-9-19(10-8-18)17-12-15-2-1-11-20-15/h1-6,11-12H,7-10H2/b17-12-. The second-order valence-corrected chi connectivity index (χ2v) is 6.09. The van der Waals surface area contributed by atoms with E-state index in [0.717, 1.165) is 31.2 Å². The quantitative estimate of drug-likeness (QED) is 0.808. The minimum absolute atomic E-state index is 0.785. The van der Waals surface area contributed by atoms with Crippen molar-refractivity contribution in [3.8, 4) is 0 Å². The largest absolute Gasteiger partial charge is 0.368 e. The van der Waals surface area contributed by atoms with Gasteiger partial charge in [-0.3, -0.25) is 5.01 Å². The summed E-state index contributed by atoms with van der Waals surface area (Å²) in [5, 5.41) is 9.52. The van der Waals surface area contributed by atoms with Gasteiger partial charge < -0.3 is 4.90 Å². The average molecular weight is 306 g/mol. The fourth-order valence-electron chi connectivity index (χ4n) is 2.22. The SMILES string of the molecule is Clc1ccc(N2CCN(/N=C\c3cccs3)CC2)cc1. The van der Waals surface area contributed by atoms with Crippen molar-refractivity contribution in [1.82, 2.24) is 5.01 Å². The van der Waals surface area contributed by atoms with Gasteiger partial charge in [0.15, 0.2) is 0 Å². The topological polar surface area (TPSA) is 18.8 Å². The molecule has 5 heteroatoms. The molecule has 104 valence electrons. The molecule has 1 aliphatic rings. The molecule has 1 aromatic heterocycles. The number of hydrogen-bond acceptors (Lipinski definition) is 4. The fraction of sp³-hybridized carbons (Fsp3) is 0.267. The van der Waals surface area contributed by atoms with Crippen LogP contribution in [0.2, 0.25) is 5.02 Å². The van der Waals surface area contributed by atoms with Crippen LogP contribution in [0.1, 0.15) is 4.88 Å². The van der Waals surface area contributed by atoms with Gasteiger partial charge in [-0.05, 0) is 35.7 Å². The first-order valence-corrected chi connectivity index (χ1v) is 7.90. The van der Waals surface area contributed by atoms with Crippen molar-refractivity contribution in [2.45, 2.75) is 0 Å². The molecule has 1 fully saturated rings. The van der Waals surface area contributed by atoms with Gasteiger partial charge in [0.25, 0.3) is 0 Å². The van der Waals surface area contributed by atoms with Crippen molar-refractivity contribution in [2.24, 2.45) is 5.10 Å². The van der Waals surface area contributed by atoms with Crippen LogP contribution in [0.5, 0.6) is 0 Å². The summed E-state index contributed by atoms with van der Waals surface area (Å²) in [6.45, 7) is 3.88. The molecule has 2 heterocycles. The van der Waals surface area contributed by atoms with E-state index in [9.17, 15) is 0 Å². The second kappa shape index (κ2) is 6.29. The van der Waals surface area contributed by atoms with Gasteiger partial charge in [0, 0.05) is 28.7 Å². The lowest BCUT2D eigenvalue weighted by Gasteiger charge is -2.34. The number of rotatable bonds is 3. The minimum Gasteiger partial charge on any atom is -0.368 e. The van der Waals surface area contributed by atoms with Crippen LogP contribution < -0.4 is 4.90 Å². The monoisotopic (exact) mass is 305 g/mol. The Kier molecular flexibility index (Phi) is 4.23. The van der Waals surface area contributed by atoms with Gasteiger partial charge >= 0.3 is 0 Å². The maximum absolute atomic E-state index is 5.92. The lowest BCUT2D eigenvalue weighted by Crippen LogP contribution is -2.44. The fourth-order valence-corrected chi connectivity index (χ4v) is 2.93. The zero-order valence-corrected chi connectivity index (χ0v) is 12.6. The van der Waals surface area contributed by atoms with Crippen LogP contribution >= 0.6 is 22.9 Å². The Labute approximate surface area is 128 Å². The molecule has 0 amide bonds. The molecule has 0 saturated carbocycles. The van der Waals surface area contributed by atoms with Crippen molar-refractivity contribution in [3.05, 3.63) is 51.7 Å². The van der Waals surface area contributed by atoms with E-state index in [2.05, 4.69) is 38.6 Å². The Balaban J connectivity index is 1.55. The molecule has 3 rings (SSSR count). The van der Waals surface area contributed by atoms with Gasteiger partial charge in [-0.1, -0.05) is 17.7 Å². The van der Waals surface area contributed by atoms with Crippen LogP contribution in [0.3, 0.4) is 0 Å². The van der Waals surface area contributed by atoms with Crippen LogP contribution in [-0.2, 0) is 0 Å². The normalized spacial score (nSPS) is 16.1. The first kappa shape index (κ1) is 13.5. The maximum Gasteiger partial charge on any atom is 0.0642 e. The summed E-state index contributed by atoms with van der Waals surface area (Å²) < 4.78 is 0. The van der Waals surface area contributed by atoms with Crippen molar-refractivity contribution in [3.63, 3.8) is 0 Å². The summed E-state index contributed by atoms with van der Waals surface area (Å²) >= 11 is 7.63. The molecule has 1 aliphatic heterocycles. The highest BCUT2D eigenvalue weighted by atomic mass is 35.5. The third-order valence-corrected chi connectivity index (χ3v) is 4.40. The van der Waals surface area contributed by atoms with E-state index in [-0.39, 0.29) is 0 Å². The number of anilines is 1. The highest BCUT2D eigenvalue weighted by molar-refractivity contribution is 7.11. The van der Waals surface area contributed by atoms with Crippen molar-refractivity contribution in [1.29, 1.82) is 0 Å². The van der Waals surface area contributed by atoms with Crippen LogP contribution in [0.15, 0.2) is 46.9 Å². The van der Waals surface area contributed by atoms with Gasteiger partial charge in [-0.2, -0.15) is 5.10 Å². The van der Waals surface area contributed by atoms with Crippen molar-refractivity contribution < 1.29 is 0 Å². The highest BCUT2D eigenvalue weighted by Crippen LogP contribution is 2.19. The first-order valence-electron chi connectivity index (χ1n) is 6.64. The first-order chi connectivity index (χ1) is 9.81. The smallest absolute Gasteiger partial charge is 0.0642 e. The molecule has 0 radical (unpaired) electrons. The predicted molar refractivity (Wildman–Crippen MR) is 87.2 cm³/mol. The van der Waals surface area contributed by atoms with E-state index in [1.54, 1.807) is 11.3 Å². The molecular formula is C15H16ClN3S. The Morgan fingerprint density at radius 3 is 2.45 bits per heavy atom. The lowest BCUT2D eigenvalue weighted by atomic mass is 10.2. The molecule has 0 unspecified atom stereocenters. The Bertz CT molecular complexity index is 557. The summed E-state index contributed by atoms with van der Waals surface area (Å²) in [6.07, 6.45) is 1.95. The molecule has 2 aromatic rings. The van der Waals surface area contributed by atoms with Gasteiger partial charge in [0.05, 0.1) is 19.3 Å². The Morgan fingerprint density at radius 1 is 1.05 bits per heavy atom. The summed E-state index contributed by atoms with van der Waals surface area (Å²) in [6, 6.07) is 12.2. The molecule has 1 saturated heterocycles. The summed E-state index contributed by atoms with van der Waals surface area (Å²) in [4.78, 5) is 3.57. The molecule has 0 N–H and O–H groups in total. The zero-order chi connectivity index (χ0) is 13.8. The molecule has 0 atom stereocenters. The third kappa shape index (κ3) is 3.32. The molecule has 1 aromatic carbocycles. The van der Waals surface area contributed by atoms with E-state index in [0.29, 0.717) is 0 Å². The van der Waals surface area contributed by atoms with E-state index >= 15 is 0 Å². The lowest BCUT2D eigenvalue weighted by molar-refractivity contribution is 0.272. The van der Waals surface area contributed by atoms with E-state index in [1.807, 2.05) is 24.4 Å². The molecule has 3 nitrogen and oxygen atoms in total. The number of piperazine rings is 1. The van der Waals surface area contributed by atoms with E-state index in [1.165, 1.54) is 10.6 Å². The van der Waals surface area contributed by atoms with Crippen LogP contribution in [0, 0.1) is 0 Å². The highest BCUT2D eigenvalue weighted by Gasteiger charge is 2.15. The van der Waals surface area contributed by atoms with Crippen molar-refractivity contribution >= 4 is 34.8 Å². The number of halogens is 1. The van der Waals surface area contributed by atoms with Crippen LogP contribution in [0.4, 0.5) is 5.69 Å². The number of hydrazone groups is 1. The summed E-state index contributed by atoms with van der Waals surface area (Å²) in [5.74, 6) is 0. The third-order valence-electron chi connectivity index (χ3n) is 3.34. The molecule has 0 aliphatic carbocycles. The maximum atomic E-state index is 5.92. The molecular weight excluding hydrogens is 290 g/mol. The predicted octanol–water partition coefficient (Wildman–Crippen LogP) is 3.56. The van der Waals surface area contributed by atoms with Crippen LogP contribution in [0.25, 0.3) is 0 Å². The molecule has 20 heavy (non-hydrogen) atoms. The summed E-state index contributed by atoms with van der Waals surface area (Å²) in [7, 11) is 0. The van der Waals surface area contributed by atoms with Crippen molar-refractivity contribution in [2.75, 3.05) is 31.1 Å². The second-order valence-electron chi connectivity index (χ2n) is 4.68. The van der Waals surface area contributed by atoms with E-state index in [4.69, 9.17) is 11.6 Å². The summed E-state index contributed by atoms with van der Waals surface area (Å²) in [5.41, 5.74) is 1.23. The van der Waals surface area contributed by atoms with Gasteiger partial charge in [-0.15, -0.1) is 11.3 Å². The zero-order valence-electron chi connectivity index (χ0n) is 11.1. The number of benzene rings is 1. The molecule has 0 bridgehead atoms.